The zero-order valence-corrected chi connectivity index (χ0v) is 14.7. The van der Waals surface area contributed by atoms with Crippen molar-refractivity contribution in [1.82, 2.24) is 4.90 Å². The second-order valence-corrected chi connectivity index (χ2v) is 6.35. The van der Waals surface area contributed by atoms with Crippen molar-refractivity contribution >= 4 is 17.7 Å². The van der Waals surface area contributed by atoms with E-state index in [2.05, 4.69) is 0 Å². The molecule has 2 aromatic rings. The second-order valence-electron chi connectivity index (χ2n) is 6.35. The van der Waals surface area contributed by atoms with Crippen molar-refractivity contribution in [1.29, 1.82) is 0 Å². The van der Waals surface area contributed by atoms with Crippen LogP contribution in [-0.4, -0.2) is 42.8 Å². The van der Waals surface area contributed by atoms with E-state index in [9.17, 15) is 14.4 Å². The van der Waals surface area contributed by atoms with E-state index in [1.54, 1.807) is 53.4 Å². The standard InChI is InChI=1S/C21H21NO4/c1-26-21(25)16-10-7-13-22(14-16)20(24)18-12-6-5-11-17(18)19(23)15-8-3-2-4-9-15/h2-6,8-9,11-12,16H,7,10,13-14H2,1H3. The molecule has 0 aromatic heterocycles. The van der Waals surface area contributed by atoms with E-state index in [0.29, 0.717) is 36.2 Å². The Morgan fingerprint density at radius 2 is 1.62 bits per heavy atom. The molecule has 1 aliphatic heterocycles. The smallest absolute Gasteiger partial charge is 0.310 e. The number of ketones is 1. The van der Waals surface area contributed by atoms with Gasteiger partial charge in [-0.25, -0.2) is 0 Å². The highest BCUT2D eigenvalue weighted by Gasteiger charge is 2.31. The van der Waals surface area contributed by atoms with Crippen LogP contribution >= 0.6 is 0 Å². The summed E-state index contributed by atoms with van der Waals surface area (Å²) in [5.74, 6) is -1.01. The van der Waals surface area contributed by atoms with E-state index in [1.807, 2.05) is 6.07 Å². The Kier molecular flexibility index (Phi) is 5.46. The first-order valence-electron chi connectivity index (χ1n) is 8.67. The highest BCUT2D eigenvalue weighted by atomic mass is 16.5. The number of hydrogen-bond donors (Lipinski definition) is 0. The van der Waals surface area contributed by atoms with Crippen LogP contribution in [0.3, 0.4) is 0 Å². The van der Waals surface area contributed by atoms with Crippen LogP contribution in [0.1, 0.15) is 39.1 Å². The lowest BCUT2D eigenvalue weighted by molar-refractivity contribution is -0.146. The number of nitrogens with zero attached hydrogens (tertiary/aromatic N) is 1. The molecule has 0 aliphatic carbocycles. The number of methoxy groups -OCH3 is 1. The molecule has 1 unspecified atom stereocenters. The molecular formula is C21H21NO4. The summed E-state index contributed by atoms with van der Waals surface area (Å²) < 4.78 is 4.81. The number of amides is 1. The number of esters is 1. The molecule has 1 saturated heterocycles. The monoisotopic (exact) mass is 351 g/mol. The summed E-state index contributed by atoms with van der Waals surface area (Å²) >= 11 is 0. The average Bonchev–Trinajstić information content (AvgIpc) is 2.72. The van der Waals surface area contributed by atoms with Crippen molar-refractivity contribution < 1.29 is 19.1 Å². The van der Waals surface area contributed by atoms with Crippen molar-refractivity contribution in [2.75, 3.05) is 20.2 Å². The first-order chi connectivity index (χ1) is 12.6. The second kappa shape index (κ2) is 7.95. The van der Waals surface area contributed by atoms with Crippen LogP contribution in [0.4, 0.5) is 0 Å². The van der Waals surface area contributed by atoms with Crippen molar-refractivity contribution in [2.24, 2.45) is 5.92 Å². The molecule has 0 radical (unpaired) electrons. The maximum Gasteiger partial charge on any atom is 0.310 e. The molecule has 1 heterocycles. The van der Waals surface area contributed by atoms with Crippen LogP contribution in [0.5, 0.6) is 0 Å². The number of benzene rings is 2. The van der Waals surface area contributed by atoms with Gasteiger partial charge in [-0.15, -0.1) is 0 Å². The van der Waals surface area contributed by atoms with Gasteiger partial charge in [0.15, 0.2) is 5.78 Å². The summed E-state index contributed by atoms with van der Waals surface area (Å²) in [6.07, 6.45) is 1.45. The predicted octanol–water partition coefficient (Wildman–Crippen LogP) is 2.94. The molecule has 0 N–H and O–H groups in total. The maximum absolute atomic E-state index is 13.0. The molecule has 134 valence electrons. The largest absolute Gasteiger partial charge is 0.469 e. The average molecular weight is 351 g/mol. The van der Waals surface area contributed by atoms with Crippen molar-refractivity contribution in [3.63, 3.8) is 0 Å². The number of carbonyl (C=O) groups excluding carboxylic acids is 3. The van der Waals surface area contributed by atoms with E-state index in [-0.39, 0.29) is 23.6 Å². The SMILES string of the molecule is COC(=O)C1CCCN(C(=O)c2ccccc2C(=O)c2ccccc2)C1. The fourth-order valence-corrected chi connectivity index (χ4v) is 3.30. The number of hydrogen-bond acceptors (Lipinski definition) is 4. The fraction of sp³-hybridized carbons (Fsp3) is 0.286. The van der Waals surface area contributed by atoms with Gasteiger partial charge in [0, 0.05) is 24.2 Å². The van der Waals surface area contributed by atoms with Gasteiger partial charge in [-0.05, 0) is 18.9 Å². The number of piperidine rings is 1. The van der Waals surface area contributed by atoms with Crippen molar-refractivity contribution in [3.05, 3.63) is 71.3 Å². The fourth-order valence-electron chi connectivity index (χ4n) is 3.30. The van der Waals surface area contributed by atoms with E-state index in [4.69, 9.17) is 4.74 Å². The predicted molar refractivity (Wildman–Crippen MR) is 97.0 cm³/mol. The molecular weight excluding hydrogens is 330 g/mol. The van der Waals surface area contributed by atoms with Crippen LogP contribution in [0.2, 0.25) is 0 Å². The Balaban J connectivity index is 1.86. The zero-order chi connectivity index (χ0) is 18.5. The molecule has 5 nitrogen and oxygen atoms in total. The number of carbonyl (C=O) groups is 3. The van der Waals surface area contributed by atoms with E-state index in [0.717, 1.165) is 6.42 Å². The number of rotatable bonds is 4. The molecule has 3 rings (SSSR count). The van der Waals surface area contributed by atoms with Gasteiger partial charge < -0.3 is 9.64 Å². The summed E-state index contributed by atoms with van der Waals surface area (Å²) in [7, 11) is 1.36. The Morgan fingerprint density at radius 1 is 0.962 bits per heavy atom. The summed E-state index contributed by atoms with van der Waals surface area (Å²) in [5.41, 5.74) is 1.29. The van der Waals surface area contributed by atoms with Crippen LogP contribution in [0.25, 0.3) is 0 Å². The quantitative estimate of drug-likeness (QED) is 0.628. The molecule has 0 saturated carbocycles. The number of ether oxygens (including phenoxy) is 1. The molecule has 0 spiro atoms. The third-order valence-corrected chi connectivity index (χ3v) is 4.68. The van der Waals surface area contributed by atoms with E-state index < -0.39 is 0 Å². The summed E-state index contributed by atoms with van der Waals surface area (Å²) in [5, 5.41) is 0. The molecule has 1 amide bonds. The van der Waals surface area contributed by atoms with Gasteiger partial charge in [-0.1, -0.05) is 48.5 Å². The Hall–Kier alpha value is -2.95. The summed E-state index contributed by atoms with van der Waals surface area (Å²) in [6, 6.07) is 15.7. The van der Waals surface area contributed by atoms with Gasteiger partial charge >= 0.3 is 5.97 Å². The van der Waals surface area contributed by atoms with Gasteiger partial charge in [0.2, 0.25) is 0 Å². The third-order valence-electron chi connectivity index (χ3n) is 4.68. The van der Waals surface area contributed by atoms with Crippen LogP contribution in [0, 0.1) is 5.92 Å². The highest BCUT2D eigenvalue weighted by molar-refractivity contribution is 6.15. The Bertz CT molecular complexity index is 816. The Labute approximate surface area is 152 Å². The summed E-state index contributed by atoms with van der Waals surface area (Å²) in [6.45, 7) is 0.888. The van der Waals surface area contributed by atoms with Crippen molar-refractivity contribution in [3.8, 4) is 0 Å². The minimum absolute atomic E-state index is 0.184. The maximum atomic E-state index is 13.0. The topological polar surface area (TPSA) is 63.7 Å². The van der Waals surface area contributed by atoms with Crippen LogP contribution in [-0.2, 0) is 9.53 Å². The van der Waals surface area contributed by atoms with Gasteiger partial charge in [-0.3, -0.25) is 14.4 Å². The molecule has 26 heavy (non-hydrogen) atoms. The molecule has 1 aliphatic rings. The number of likely N-dealkylation sites (tertiary alicyclic amines) is 1. The van der Waals surface area contributed by atoms with Gasteiger partial charge in [0.05, 0.1) is 18.6 Å². The van der Waals surface area contributed by atoms with E-state index >= 15 is 0 Å². The lowest BCUT2D eigenvalue weighted by Crippen LogP contribution is -2.43. The Morgan fingerprint density at radius 3 is 2.31 bits per heavy atom. The summed E-state index contributed by atoms with van der Waals surface area (Å²) in [4.78, 5) is 39.3. The molecule has 2 aromatic carbocycles. The van der Waals surface area contributed by atoms with Crippen molar-refractivity contribution in [2.45, 2.75) is 12.8 Å². The minimum Gasteiger partial charge on any atom is -0.469 e. The highest BCUT2D eigenvalue weighted by Crippen LogP contribution is 2.22. The first kappa shape index (κ1) is 17.9. The lowest BCUT2D eigenvalue weighted by atomic mass is 9.95. The van der Waals surface area contributed by atoms with Gasteiger partial charge in [0.1, 0.15) is 0 Å². The minimum atomic E-state index is -0.310. The zero-order valence-electron chi connectivity index (χ0n) is 14.7. The lowest BCUT2D eigenvalue weighted by Gasteiger charge is -2.31. The third kappa shape index (κ3) is 3.67. The van der Waals surface area contributed by atoms with Crippen LogP contribution < -0.4 is 0 Å². The molecule has 1 fully saturated rings. The van der Waals surface area contributed by atoms with Gasteiger partial charge in [-0.2, -0.15) is 0 Å². The molecule has 0 bridgehead atoms. The first-order valence-corrected chi connectivity index (χ1v) is 8.67. The molecule has 1 atom stereocenters. The van der Waals surface area contributed by atoms with Gasteiger partial charge in [0.25, 0.3) is 5.91 Å². The normalized spacial score (nSPS) is 16.8. The van der Waals surface area contributed by atoms with Crippen LogP contribution in [0.15, 0.2) is 54.6 Å². The molecule has 5 heteroatoms. The van der Waals surface area contributed by atoms with E-state index in [1.165, 1.54) is 7.11 Å².